The number of guanidine groups is 1. The number of likely N-dealkylation sites (tertiary alicyclic amines) is 1. The summed E-state index contributed by atoms with van der Waals surface area (Å²) >= 11 is 1.76. The number of carbonyl (C=O) groups is 1. The van der Waals surface area contributed by atoms with Crippen molar-refractivity contribution in [3.63, 3.8) is 0 Å². The number of hydrogen-bond donors (Lipinski definition) is 2. The number of aliphatic imine (C=N–C) groups is 1. The first kappa shape index (κ1) is 21.3. The van der Waals surface area contributed by atoms with E-state index in [9.17, 15) is 4.79 Å². The van der Waals surface area contributed by atoms with E-state index in [1.165, 1.54) is 4.88 Å². The zero-order chi connectivity index (χ0) is 20.8. The average molecular weight is 418 g/mol. The van der Waals surface area contributed by atoms with Crippen LogP contribution in [-0.2, 0) is 24.8 Å². The molecule has 29 heavy (non-hydrogen) atoms. The lowest BCUT2D eigenvalue weighted by atomic mass is 10.2. The van der Waals surface area contributed by atoms with E-state index >= 15 is 0 Å². The first-order valence-corrected chi connectivity index (χ1v) is 11.0. The van der Waals surface area contributed by atoms with E-state index in [2.05, 4.69) is 38.3 Å². The molecule has 9 heteroatoms. The Morgan fingerprint density at radius 1 is 1.41 bits per heavy atom. The Bertz CT molecular complexity index is 828. The summed E-state index contributed by atoms with van der Waals surface area (Å²) in [7, 11) is 1.95. The molecule has 0 bridgehead atoms. The van der Waals surface area contributed by atoms with Crippen LogP contribution in [0, 0.1) is 12.8 Å². The van der Waals surface area contributed by atoms with Crippen LogP contribution in [-0.4, -0.2) is 57.2 Å². The number of thiophene rings is 1. The van der Waals surface area contributed by atoms with Crippen LogP contribution in [0.4, 0.5) is 0 Å². The Morgan fingerprint density at radius 2 is 2.24 bits per heavy atom. The zero-order valence-electron chi connectivity index (χ0n) is 17.7. The van der Waals surface area contributed by atoms with Gasteiger partial charge in [-0.2, -0.15) is 0 Å². The van der Waals surface area contributed by atoms with Crippen molar-refractivity contribution in [3.8, 4) is 0 Å². The van der Waals surface area contributed by atoms with E-state index < -0.39 is 0 Å². The molecule has 3 heterocycles. The summed E-state index contributed by atoms with van der Waals surface area (Å²) in [6, 6.07) is 4.42. The summed E-state index contributed by atoms with van der Waals surface area (Å²) in [5.41, 5.74) is 0. The molecule has 1 unspecified atom stereocenters. The van der Waals surface area contributed by atoms with Gasteiger partial charge in [0.1, 0.15) is 12.4 Å². The molecule has 0 aromatic carbocycles. The van der Waals surface area contributed by atoms with Crippen molar-refractivity contribution in [2.24, 2.45) is 18.0 Å². The molecule has 1 amide bonds. The van der Waals surface area contributed by atoms with Crippen LogP contribution < -0.4 is 10.6 Å². The number of rotatable bonds is 7. The van der Waals surface area contributed by atoms with Gasteiger partial charge in [-0.15, -0.1) is 21.5 Å². The molecule has 3 rings (SSSR count). The molecular formula is C20H31N7OS. The number of hydrogen-bond acceptors (Lipinski definition) is 5. The third-order valence-electron chi connectivity index (χ3n) is 5.14. The van der Waals surface area contributed by atoms with Crippen molar-refractivity contribution in [2.75, 3.05) is 19.6 Å². The Morgan fingerprint density at radius 3 is 2.90 bits per heavy atom. The third kappa shape index (κ3) is 5.79. The second-order valence-corrected chi connectivity index (χ2v) is 8.74. The van der Waals surface area contributed by atoms with Crippen LogP contribution in [0.25, 0.3) is 0 Å². The van der Waals surface area contributed by atoms with Crippen LogP contribution in [0.3, 0.4) is 0 Å². The molecule has 2 N–H and O–H groups in total. The molecule has 0 aliphatic carbocycles. The summed E-state index contributed by atoms with van der Waals surface area (Å²) in [4.78, 5) is 20.3. The Balaban J connectivity index is 1.61. The van der Waals surface area contributed by atoms with E-state index in [1.54, 1.807) is 11.3 Å². The van der Waals surface area contributed by atoms with Crippen LogP contribution in [0.2, 0.25) is 0 Å². The fourth-order valence-corrected chi connectivity index (χ4v) is 4.00. The van der Waals surface area contributed by atoms with Gasteiger partial charge in [0.2, 0.25) is 5.91 Å². The number of carbonyl (C=O) groups excluding carboxylic acids is 1. The minimum absolute atomic E-state index is 0.0324. The van der Waals surface area contributed by atoms with Crippen molar-refractivity contribution >= 4 is 23.2 Å². The fraction of sp³-hybridized carbons (Fsp3) is 0.600. The largest absolute Gasteiger partial charge is 0.356 e. The number of aromatic nitrogens is 3. The van der Waals surface area contributed by atoms with E-state index in [0.29, 0.717) is 13.1 Å². The van der Waals surface area contributed by atoms with Crippen molar-refractivity contribution in [2.45, 2.75) is 46.2 Å². The molecule has 1 aliphatic rings. The molecule has 1 fully saturated rings. The van der Waals surface area contributed by atoms with Crippen LogP contribution in [0.15, 0.2) is 22.5 Å². The molecule has 2 aromatic rings. The van der Waals surface area contributed by atoms with E-state index in [1.807, 2.05) is 37.3 Å². The van der Waals surface area contributed by atoms with Gasteiger partial charge in [0, 0.05) is 43.5 Å². The molecule has 1 aliphatic heterocycles. The highest BCUT2D eigenvalue weighted by molar-refractivity contribution is 7.09. The van der Waals surface area contributed by atoms with Gasteiger partial charge in [-0.3, -0.25) is 4.79 Å². The smallest absolute Gasteiger partial charge is 0.225 e. The normalized spacial score (nSPS) is 17.2. The molecular weight excluding hydrogens is 386 g/mol. The van der Waals surface area contributed by atoms with Crippen molar-refractivity contribution in [1.82, 2.24) is 30.3 Å². The second kappa shape index (κ2) is 9.87. The first-order valence-electron chi connectivity index (χ1n) is 10.1. The molecule has 1 atom stereocenters. The molecule has 2 aromatic heterocycles. The molecule has 0 saturated carbocycles. The summed E-state index contributed by atoms with van der Waals surface area (Å²) in [5.74, 6) is 2.70. The standard InChI is InChI=1S/C20H31N7OS/c1-14(2)19(28)27-10-8-16(13-27)23-20(21-9-7-17-6-5-11-29-17)22-12-18-25-24-15(3)26(18)4/h5-6,11,14,16H,7-10,12-13H2,1-4H3,(H2,21,22,23). The minimum atomic E-state index is 0.0324. The lowest BCUT2D eigenvalue weighted by Crippen LogP contribution is -2.46. The highest BCUT2D eigenvalue weighted by Gasteiger charge is 2.28. The Labute approximate surface area is 176 Å². The Kier molecular flexibility index (Phi) is 7.24. The predicted octanol–water partition coefficient (Wildman–Crippen LogP) is 1.72. The van der Waals surface area contributed by atoms with E-state index in [4.69, 9.17) is 4.99 Å². The summed E-state index contributed by atoms with van der Waals surface area (Å²) in [6.07, 6.45) is 1.87. The highest BCUT2D eigenvalue weighted by Crippen LogP contribution is 2.13. The second-order valence-electron chi connectivity index (χ2n) is 7.71. The third-order valence-corrected chi connectivity index (χ3v) is 6.08. The maximum Gasteiger partial charge on any atom is 0.225 e. The minimum Gasteiger partial charge on any atom is -0.356 e. The van der Waals surface area contributed by atoms with Gasteiger partial charge < -0.3 is 20.1 Å². The van der Waals surface area contributed by atoms with Crippen molar-refractivity contribution < 1.29 is 4.79 Å². The summed E-state index contributed by atoms with van der Waals surface area (Å²) in [5, 5.41) is 17.3. The molecule has 0 radical (unpaired) electrons. The highest BCUT2D eigenvalue weighted by atomic mass is 32.1. The molecule has 0 spiro atoms. The van der Waals surface area contributed by atoms with E-state index in [0.717, 1.165) is 43.5 Å². The van der Waals surface area contributed by atoms with Crippen LogP contribution >= 0.6 is 11.3 Å². The molecule has 8 nitrogen and oxygen atoms in total. The lowest BCUT2D eigenvalue weighted by molar-refractivity contribution is -0.133. The van der Waals surface area contributed by atoms with Gasteiger partial charge in [-0.05, 0) is 31.2 Å². The lowest BCUT2D eigenvalue weighted by Gasteiger charge is -2.20. The quantitative estimate of drug-likeness (QED) is 0.529. The summed E-state index contributed by atoms with van der Waals surface area (Å²) < 4.78 is 1.95. The maximum atomic E-state index is 12.3. The van der Waals surface area contributed by atoms with Gasteiger partial charge in [-0.25, -0.2) is 4.99 Å². The van der Waals surface area contributed by atoms with Crippen LogP contribution in [0.1, 0.15) is 36.8 Å². The molecule has 1 saturated heterocycles. The van der Waals surface area contributed by atoms with Gasteiger partial charge in [0.25, 0.3) is 0 Å². The van der Waals surface area contributed by atoms with Gasteiger partial charge >= 0.3 is 0 Å². The van der Waals surface area contributed by atoms with Gasteiger partial charge in [0.15, 0.2) is 11.8 Å². The fourth-order valence-electron chi connectivity index (χ4n) is 3.29. The summed E-state index contributed by atoms with van der Waals surface area (Å²) in [6.45, 7) is 8.58. The average Bonchev–Trinajstić information content (AvgIpc) is 3.43. The molecule has 158 valence electrons. The van der Waals surface area contributed by atoms with Crippen molar-refractivity contribution in [1.29, 1.82) is 0 Å². The van der Waals surface area contributed by atoms with Gasteiger partial charge in [0.05, 0.1) is 0 Å². The van der Waals surface area contributed by atoms with E-state index in [-0.39, 0.29) is 17.9 Å². The first-order chi connectivity index (χ1) is 13.9. The topological polar surface area (TPSA) is 87.4 Å². The Hall–Kier alpha value is -2.42. The number of nitrogens with zero attached hydrogens (tertiary/aromatic N) is 5. The monoisotopic (exact) mass is 417 g/mol. The number of aryl methyl sites for hydroxylation is 1. The van der Waals surface area contributed by atoms with Gasteiger partial charge in [-0.1, -0.05) is 19.9 Å². The maximum absolute atomic E-state index is 12.3. The predicted molar refractivity (Wildman–Crippen MR) is 116 cm³/mol. The van der Waals surface area contributed by atoms with Crippen molar-refractivity contribution in [3.05, 3.63) is 34.0 Å². The zero-order valence-corrected chi connectivity index (χ0v) is 18.5. The SMILES string of the molecule is Cc1nnc(CN=C(NCCc2cccs2)NC2CCN(C(=O)C(C)C)C2)n1C. The number of nitrogens with one attached hydrogen (secondary N) is 2. The van der Waals surface area contributed by atoms with Crippen LogP contribution in [0.5, 0.6) is 0 Å². The number of amides is 1.